The molecule has 0 atom stereocenters. The molecule has 0 fully saturated rings. The van der Waals surface area contributed by atoms with Gasteiger partial charge in [-0.25, -0.2) is 0 Å². The molecule has 0 radical (unpaired) electrons. The van der Waals surface area contributed by atoms with Crippen LogP contribution in [0.4, 0.5) is 0 Å². The van der Waals surface area contributed by atoms with Crippen LogP contribution < -0.4 is 0 Å². The lowest BCUT2D eigenvalue weighted by Crippen LogP contribution is -1.94. The number of aryl methyl sites for hydroxylation is 2. The quantitative estimate of drug-likeness (QED) is 0.144. The van der Waals surface area contributed by atoms with Gasteiger partial charge >= 0.3 is 0 Å². The zero-order valence-electron chi connectivity index (χ0n) is 42.8. The van der Waals surface area contributed by atoms with Gasteiger partial charge in [0.25, 0.3) is 0 Å². The Kier molecular flexibility index (Phi) is 10.3. The fraction of sp³-hybridized carbons (Fsp3) is 0.0270. The molecule has 0 unspecified atom stereocenters. The number of aromatic nitrogens is 3. The average molecular weight is 982 g/mol. The minimum atomic E-state index is 1.13. The van der Waals surface area contributed by atoms with Gasteiger partial charge in [0.05, 0.1) is 33.1 Å². The maximum Gasteiger partial charge on any atom is 0.0541 e. The minimum Gasteiger partial charge on any atom is -0.309 e. The Bertz CT molecular complexity index is 4530. The highest BCUT2D eigenvalue weighted by Crippen LogP contribution is 2.42. The first-order valence-electron chi connectivity index (χ1n) is 26.6. The second-order valence-electron chi connectivity index (χ2n) is 20.7. The maximum absolute atomic E-state index is 2.44. The van der Waals surface area contributed by atoms with Gasteiger partial charge in [-0.1, -0.05) is 187 Å². The molecular formula is C74H51N3. The molecule has 0 aliphatic rings. The smallest absolute Gasteiger partial charge is 0.0541 e. The van der Waals surface area contributed by atoms with Crippen molar-refractivity contribution in [2.24, 2.45) is 0 Å². The molecule has 3 aromatic heterocycles. The fourth-order valence-corrected chi connectivity index (χ4v) is 12.3. The Labute approximate surface area is 447 Å². The average Bonchev–Trinajstić information content (AvgIpc) is 4.17. The third-order valence-electron chi connectivity index (χ3n) is 15.9. The predicted molar refractivity (Wildman–Crippen MR) is 326 cm³/mol. The highest BCUT2D eigenvalue weighted by molar-refractivity contribution is 6.14. The van der Waals surface area contributed by atoms with Crippen molar-refractivity contribution in [2.45, 2.75) is 13.8 Å². The summed E-state index contributed by atoms with van der Waals surface area (Å²) in [5.41, 5.74) is 25.2. The Morgan fingerprint density at radius 3 is 0.805 bits per heavy atom. The summed E-state index contributed by atoms with van der Waals surface area (Å²) in [6.07, 6.45) is 0. The first-order chi connectivity index (χ1) is 38.0. The van der Waals surface area contributed by atoms with E-state index in [-0.39, 0.29) is 0 Å². The lowest BCUT2D eigenvalue weighted by molar-refractivity contribution is 1.18. The van der Waals surface area contributed by atoms with Crippen LogP contribution in [-0.2, 0) is 0 Å². The molecule has 0 amide bonds. The van der Waals surface area contributed by atoms with Crippen molar-refractivity contribution < 1.29 is 0 Å². The monoisotopic (exact) mass is 981 g/mol. The molecule has 3 nitrogen and oxygen atoms in total. The summed E-state index contributed by atoms with van der Waals surface area (Å²) in [6, 6.07) is 101. The highest BCUT2D eigenvalue weighted by Gasteiger charge is 2.19. The predicted octanol–water partition coefficient (Wildman–Crippen LogP) is 19.9. The summed E-state index contributed by atoms with van der Waals surface area (Å²) in [5, 5.41) is 7.42. The van der Waals surface area contributed by atoms with E-state index in [1.807, 2.05) is 0 Å². The van der Waals surface area contributed by atoms with Gasteiger partial charge < -0.3 is 13.7 Å². The van der Waals surface area contributed by atoms with Crippen molar-refractivity contribution in [1.29, 1.82) is 0 Å². The van der Waals surface area contributed by atoms with Gasteiger partial charge in [-0.05, 0) is 167 Å². The van der Waals surface area contributed by atoms with E-state index in [0.717, 1.165) is 17.1 Å². The van der Waals surface area contributed by atoms with Crippen LogP contribution >= 0.6 is 0 Å². The van der Waals surface area contributed by atoms with Crippen LogP contribution in [0.25, 0.3) is 138 Å². The SMILES string of the molecule is Cc1cc(C)cc(-c2ccc(-c3ccc(-c4ccc(-n5c6ccc(-c7ccc8c(c7)c7ccccc7n8-c7ccccc7)cc6c6cc(-c7ccc8c(c7)c7ccccc7n8-c7ccccc7)ccc65)cc4)cc3)cc2)c1. The summed E-state index contributed by atoms with van der Waals surface area (Å²) in [4.78, 5) is 0. The number of nitrogens with zero attached hydrogens (tertiary/aromatic N) is 3. The summed E-state index contributed by atoms with van der Waals surface area (Å²) >= 11 is 0. The van der Waals surface area contributed by atoms with E-state index in [4.69, 9.17) is 0 Å². The molecule has 0 aliphatic heterocycles. The summed E-state index contributed by atoms with van der Waals surface area (Å²) in [7, 11) is 0. The molecule has 12 aromatic carbocycles. The first-order valence-corrected chi connectivity index (χ1v) is 26.6. The lowest BCUT2D eigenvalue weighted by Gasteiger charge is -2.11. The second-order valence-corrected chi connectivity index (χ2v) is 20.7. The molecule has 0 spiro atoms. The number of hydrogen-bond donors (Lipinski definition) is 0. The summed E-state index contributed by atoms with van der Waals surface area (Å²) in [6.45, 7) is 4.33. The number of hydrogen-bond acceptors (Lipinski definition) is 0. The first kappa shape index (κ1) is 44.5. The second kappa shape index (κ2) is 17.9. The van der Waals surface area contributed by atoms with Gasteiger partial charge in [0, 0.05) is 49.4 Å². The van der Waals surface area contributed by atoms with Gasteiger partial charge in [-0.15, -0.1) is 0 Å². The molecular weight excluding hydrogens is 931 g/mol. The zero-order valence-corrected chi connectivity index (χ0v) is 42.8. The lowest BCUT2D eigenvalue weighted by atomic mass is 9.97. The summed E-state index contributed by atoms with van der Waals surface area (Å²) < 4.78 is 7.22. The Hall–Kier alpha value is -9.96. The van der Waals surface area contributed by atoms with Crippen molar-refractivity contribution in [3.63, 3.8) is 0 Å². The van der Waals surface area contributed by atoms with Crippen LogP contribution in [0.15, 0.2) is 273 Å². The number of benzene rings is 12. The molecule has 0 N–H and O–H groups in total. The van der Waals surface area contributed by atoms with Crippen LogP contribution in [0.2, 0.25) is 0 Å². The van der Waals surface area contributed by atoms with E-state index in [1.54, 1.807) is 0 Å². The van der Waals surface area contributed by atoms with Gasteiger partial charge in [0.1, 0.15) is 0 Å². The zero-order chi connectivity index (χ0) is 51.1. The Balaban J connectivity index is 0.834. The highest BCUT2D eigenvalue weighted by atomic mass is 15.0. The minimum absolute atomic E-state index is 1.13. The topological polar surface area (TPSA) is 14.8 Å². The number of rotatable bonds is 8. The van der Waals surface area contributed by atoms with E-state index < -0.39 is 0 Å². The molecule has 15 aromatic rings. The van der Waals surface area contributed by atoms with E-state index >= 15 is 0 Å². The number of fused-ring (bicyclic) bond motifs is 9. The molecule has 362 valence electrons. The molecule has 3 heterocycles. The summed E-state index contributed by atoms with van der Waals surface area (Å²) in [5.74, 6) is 0. The molecule has 0 saturated heterocycles. The van der Waals surface area contributed by atoms with Crippen LogP contribution in [0.1, 0.15) is 11.1 Å². The molecule has 15 rings (SSSR count). The molecule has 0 bridgehead atoms. The Morgan fingerprint density at radius 1 is 0.182 bits per heavy atom. The normalized spacial score (nSPS) is 11.8. The van der Waals surface area contributed by atoms with Gasteiger partial charge in [0.15, 0.2) is 0 Å². The molecule has 0 aliphatic carbocycles. The van der Waals surface area contributed by atoms with Crippen molar-refractivity contribution in [1.82, 2.24) is 13.7 Å². The van der Waals surface area contributed by atoms with E-state index in [0.29, 0.717) is 0 Å². The van der Waals surface area contributed by atoms with Gasteiger partial charge in [-0.3, -0.25) is 0 Å². The van der Waals surface area contributed by atoms with E-state index in [2.05, 4.69) is 301 Å². The molecule has 0 saturated carbocycles. The maximum atomic E-state index is 2.44. The Morgan fingerprint density at radius 2 is 0.442 bits per heavy atom. The van der Waals surface area contributed by atoms with Crippen LogP contribution in [0, 0.1) is 13.8 Å². The van der Waals surface area contributed by atoms with Crippen LogP contribution in [0.5, 0.6) is 0 Å². The van der Waals surface area contributed by atoms with Crippen molar-refractivity contribution in [3.05, 3.63) is 284 Å². The number of para-hydroxylation sites is 4. The van der Waals surface area contributed by atoms with Crippen molar-refractivity contribution in [2.75, 3.05) is 0 Å². The van der Waals surface area contributed by atoms with Gasteiger partial charge in [-0.2, -0.15) is 0 Å². The van der Waals surface area contributed by atoms with Crippen molar-refractivity contribution >= 4 is 65.4 Å². The van der Waals surface area contributed by atoms with Crippen molar-refractivity contribution in [3.8, 4) is 72.7 Å². The van der Waals surface area contributed by atoms with Crippen LogP contribution in [0.3, 0.4) is 0 Å². The molecule has 77 heavy (non-hydrogen) atoms. The fourth-order valence-electron chi connectivity index (χ4n) is 12.3. The van der Waals surface area contributed by atoms with Gasteiger partial charge in [0.2, 0.25) is 0 Å². The van der Waals surface area contributed by atoms with E-state index in [1.165, 1.54) is 132 Å². The standard InChI is InChI=1S/C74H51N3/c1-48-41-49(2)43-59(42-48)54-27-25-51(26-28-54)50-21-23-52(24-22-50)53-29-35-62(36-30-53)77-73-39-33-57(55-31-37-71-65(44-55)63-17-9-11-19-69(63)75(71)60-13-5-3-6-14-60)46-67(73)68-47-58(34-40-74(68)77)56-32-38-72-66(45-56)64-18-10-12-20-70(64)76(72)61-15-7-4-8-16-61/h3-47H,1-2H3. The third-order valence-corrected chi connectivity index (χ3v) is 15.9. The van der Waals surface area contributed by atoms with E-state index in [9.17, 15) is 0 Å². The largest absolute Gasteiger partial charge is 0.309 e. The van der Waals surface area contributed by atoms with Crippen LogP contribution in [-0.4, -0.2) is 13.7 Å². The third kappa shape index (κ3) is 7.50. The molecule has 3 heteroatoms.